The van der Waals surface area contributed by atoms with E-state index < -0.39 is 0 Å². The van der Waals surface area contributed by atoms with Gasteiger partial charge in [0.05, 0.1) is 10.2 Å². The van der Waals surface area contributed by atoms with Gasteiger partial charge in [-0.25, -0.2) is 4.98 Å². The third-order valence-electron chi connectivity index (χ3n) is 6.65. The Bertz CT molecular complexity index is 1680. The van der Waals surface area contributed by atoms with Crippen molar-refractivity contribution in [1.29, 1.82) is 0 Å². The Labute approximate surface area is 204 Å². The van der Waals surface area contributed by atoms with E-state index in [2.05, 4.69) is 118 Å². The maximum atomic E-state index is 5.22. The zero-order valence-electron chi connectivity index (χ0n) is 19.6. The molecule has 164 valence electrons. The average Bonchev–Trinajstić information content (AvgIpc) is 3.29. The smallest absolute Gasteiger partial charge is 0.124 e. The van der Waals surface area contributed by atoms with Crippen molar-refractivity contribution in [2.75, 3.05) is 0 Å². The summed E-state index contributed by atoms with van der Waals surface area (Å²) in [6.07, 6.45) is 0. The highest BCUT2D eigenvalue weighted by Crippen LogP contribution is 2.42. The Kier molecular flexibility index (Phi) is 5.04. The number of fused-ring (bicyclic) bond motifs is 2. The highest BCUT2D eigenvalue weighted by molar-refractivity contribution is 7.21. The van der Waals surface area contributed by atoms with Crippen LogP contribution in [0.4, 0.5) is 0 Å². The lowest BCUT2D eigenvalue weighted by Gasteiger charge is -2.12. The predicted octanol–water partition coefficient (Wildman–Crippen LogP) is 9.38. The summed E-state index contributed by atoms with van der Waals surface area (Å²) in [4.78, 5) is 5.22. The molecule has 0 aliphatic rings. The summed E-state index contributed by atoms with van der Waals surface area (Å²) in [6.45, 7) is 6.52. The van der Waals surface area contributed by atoms with Gasteiger partial charge in [0.15, 0.2) is 0 Å². The van der Waals surface area contributed by atoms with Gasteiger partial charge in [-0.1, -0.05) is 90.5 Å². The summed E-state index contributed by atoms with van der Waals surface area (Å²) >= 11 is 1.79. The standard InChI is InChI=1S/C32H25NS/c1-20-15-16-22(3)28(17-20)24-18-29(27-14-8-11-23-10-5-7-13-26(23)27)31-30(19-24)34-32(33-31)25-12-6-4-9-21(25)2/h4-19H,1-3H3. The fourth-order valence-corrected chi connectivity index (χ4v) is 5.95. The second-order valence-corrected chi connectivity index (χ2v) is 10.1. The first-order valence-corrected chi connectivity index (χ1v) is 12.5. The average molecular weight is 456 g/mol. The fourth-order valence-electron chi connectivity index (χ4n) is 4.83. The first-order valence-electron chi connectivity index (χ1n) is 11.6. The minimum Gasteiger partial charge on any atom is -0.235 e. The normalized spacial score (nSPS) is 11.4. The first-order chi connectivity index (χ1) is 16.6. The number of rotatable bonds is 3. The molecule has 2 heteroatoms. The molecule has 1 heterocycles. The summed E-state index contributed by atoms with van der Waals surface area (Å²) in [5.74, 6) is 0. The van der Waals surface area contributed by atoms with Crippen LogP contribution in [-0.2, 0) is 0 Å². The molecular weight excluding hydrogens is 430 g/mol. The van der Waals surface area contributed by atoms with Gasteiger partial charge in [0.25, 0.3) is 0 Å². The van der Waals surface area contributed by atoms with Crippen LogP contribution in [0.5, 0.6) is 0 Å². The number of benzene rings is 5. The molecule has 0 aliphatic heterocycles. The first kappa shape index (κ1) is 20.8. The molecule has 5 aromatic carbocycles. The molecule has 0 spiro atoms. The molecular formula is C32H25NS. The number of aryl methyl sites for hydroxylation is 3. The molecule has 6 rings (SSSR count). The van der Waals surface area contributed by atoms with Crippen molar-refractivity contribution < 1.29 is 0 Å². The van der Waals surface area contributed by atoms with Crippen molar-refractivity contribution in [2.45, 2.75) is 20.8 Å². The molecule has 1 aromatic heterocycles. The summed E-state index contributed by atoms with van der Waals surface area (Å²) in [6, 6.07) is 35.1. The molecule has 0 bridgehead atoms. The van der Waals surface area contributed by atoms with Gasteiger partial charge in [-0.3, -0.25) is 0 Å². The van der Waals surface area contributed by atoms with Crippen molar-refractivity contribution in [3.63, 3.8) is 0 Å². The van der Waals surface area contributed by atoms with E-state index in [9.17, 15) is 0 Å². The van der Waals surface area contributed by atoms with Gasteiger partial charge in [0.2, 0.25) is 0 Å². The van der Waals surface area contributed by atoms with Gasteiger partial charge in [-0.2, -0.15) is 0 Å². The molecule has 0 fully saturated rings. The third-order valence-corrected chi connectivity index (χ3v) is 7.69. The lowest BCUT2D eigenvalue weighted by atomic mass is 9.92. The fraction of sp³-hybridized carbons (Fsp3) is 0.0938. The predicted molar refractivity (Wildman–Crippen MR) is 148 cm³/mol. The van der Waals surface area contributed by atoms with Crippen molar-refractivity contribution in [2.24, 2.45) is 0 Å². The van der Waals surface area contributed by atoms with Crippen LogP contribution in [0.1, 0.15) is 16.7 Å². The Morgan fingerprint density at radius 3 is 2.21 bits per heavy atom. The molecule has 0 aliphatic carbocycles. The summed E-state index contributed by atoms with van der Waals surface area (Å²) < 4.78 is 1.22. The van der Waals surface area contributed by atoms with Gasteiger partial charge in [0, 0.05) is 11.1 Å². The largest absolute Gasteiger partial charge is 0.235 e. The maximum Gasteiger partial charge on any atom is 0.124 e. The molecule has 1 nitrogen and oxygen atoms in total. The monoisotopic (exact) mass is 455 g/mol. The van der Waals surface area contributed by atoms with Crippen LogP contribution in [0.2, 0.25) is 0 Å². The zero-order chi connectivity index (χ0) is 23.2. The van der Waals surface area contributed by atoms with Crippen LogP contribution in [0.25, 0.3) is 53.8 Å². The van der Waals surface area contributed by atoms with E-state index in [1.807, 2.05) is 0 Å². The number of nitrogens with zero attached hydrogens (tertiary/aromatic N) is 1. The maximum absolute atomic E-state index is 5.22. The third kappa shape index (κ3) is 3.52. The van der Waals surface area contributed by atoms with E-state index in [4.69, 9.17) is 4.98 Å². The topological polar surface area (TPSA) is 12.9 Å². The number of thiazole rings is 1. The van der Waals surface area contributed by atoms with E-state index >= 15 is 0 Å². The van der Waals surface area contributed by atoms with Gasteiger partial charge < -0.3 is 0 Å². The highest BCUT2D eigenvalue weighted by atomic mass is 32.1. The second-order valence-electron chi connectivity index (χ2n) is 9.05. The molecule has 6 aromatic rings. The molecule has 0 amide bonds. The number of aromatic nitrogens is 1. The quantitative estimate of drug-likeness (QED) is 0.259. The highest BCUT2D eigenvalue weighted by Gasteiger charge is 2.17. The van der Waals surface area contributed by atoms with Gasteiger partial charge in [-0.15, -0.1) is 11.3 Å². The molecule has 0 saturated carbocycles. The lowest BCUT2D eigenvalue weighted by Crippen LogP contribution is -1.89. The van der Waals surface area contributed by atoms with Gasteiger partial charge in [0.1, 0.15) is 5.01 Å². The lowest BCUT2D eigenvalue weighted by molar-refractivity contribution is 1.39. The molecule has 0 N–H and O–H groups in total. The van der Waals surface area contributed by atoms with Crippen molar-refractivity contribution in [1.82, 2.24) is 4.98 Å². The minimum atomic E-state index is 1.08. The van der Waals surface area contributed by atoms with Crippen LogP contribution >= 0.6 is 11.3 Å². The molecule has 0 radical (unpaired) electrons. The molecule has 34 heavy (non-hydrogen) atoms. The van der Waals surface area contributed by atoms with Crippen LogP contribution in [0.3, 0.4) is 0 Å². The van der Waals surface area contributed by atoms with E-state index in [-0.39, 0.29) is 0 Å². The molecule has 0 atom stereocenters. The van der Waals surface area contributed by atoms with Crippen LogP contribution < -0.4 is 0 Å². The second kappa shape index (κ2) is 8.23. The zero-order valence-corrected chi connectivity index (χ0v) is 20.4. The summed E-state index contributed by atoms with van der Waals surface area (Å²) in [5.41, 5.74) is 11.1. The van der Waals surface area contributed by atoms with Crippen molar-refractivity contribution in [3.05, 3.63) is 114 Å². The van der Waals surface area contributed by atoms with Crippen molar-refractivity contribution in [3.8, 4) is 32.8 Å². The Hall–Kier alpha value is -3.75. The van der Waals surface area contributed by atoms with Gasteiger partial charge >= 0.3 is 0 Å². The number of hydrogen-bond donors (Lipinski definition) is 0. The van der Waals surface area contributed by atoms with E-state index in [0.29, 0.717) is 0 Å². The van der Waals surface area contributed by atoms with Crippen molar-refractivity contribution >= 4 is 32.3 Å². The van der Waals surface area contributed by atoms with E-state index in [1.54, 1.807) is 11.3 Å². The van der Waals surface area contributed by atoms with Crippen LogP contribution in [0.15, 0.2) is 97.1 Å². The number of hydrogen-bond acceptors (Lipinski definition) is 2. The minimum absolute atomic E-state index is 1.08. The molecule has 0 unspecified atom stereocenters. The Morgan fingerprint density at radius 1 is 0.588 bits per heavy atom. The summed E-state index contributed by atoms with van der Waals surface area (Å²) in [7, 11) is 0. The Balaban J connectivity index is 1.69. The van der Waals surface area contributed by atoms with E-state index in [1.165, 1.54) is 60.0 Å². The summed E-state index contributed by atoms with van der Waals surface area (Å²) in [5, 5.41) is 3.59. The van der Waals surface area contributed by atoms with Crippen LogP contribution in [-0.4, -0.2) is 4.98 Å². The Morgan fingerprint density at radius 2 is 1.32 bits per heavy atom. The SMILES string of the molecule is Cc1ccc(C)c(-c2cc(-c3cccc4ccccc34)c3nc(-c4ccccc4C)sc3c2)c1. The van der Waals surface area contributed by atoms with Crippen LogP contribution in [0, 0.1) is 20.8 Å². The van der Waals surface area contributed by atoms with Gasteiger partial charge in [-0.05, 0) is 71.5 Å². The molecule has 0 saturated heterocycles. The van der Waals surface area contributed by atoms with E-state index in [0.717, 1.165) is 10.5 Å².